The van der Waals surface area contributed by atoms with Crippen molar-refractivity contribution in [2.24, 2.45) is 0 Å². The second-order valence-corrected chi connectivity index (χ2v) is 8.52. The Morgan fingerprint density at radius 3 is 2.76 bits per heavy atom. The standard InChI is InChI=1S/C24H21ClF2N2O4/c1-13-17(3-2-4-18(13)25)24(26,27)20(30)9-6-14-5-7-16-15(11-14)12-29(23(16)33)19-8-10-21(31)28-22(19)32/h2-5,7,11,19H,6,8-10,12H2,1H3,(H,28,31,32)/t19-/m0/s1/i19D. The van der Waals surface area contributed by atoms with Crippen molar-refractivity contribution in [2.75, 3.05) is 0 Å². The number of nitrogens with zero attached hydrogens (tertiary/aromatic N) is 1. The first-order valence-corrected chi connectivity index (χ1v) is 10.8. The first kappa shape index (κ1) is 21.7. The fourth-order valence-corrected chi connectivity index (χ4v) is 4.30. The van der Waals surface area contributed by atoms with Crippen molar-refractivity contribution in [3.05, 3.63) is 69.2 Å². The highest BCUT2D eigenvalue weighted by atomic mass is 35.5. The summed E-state index contributed by atoms with van der Waals surface area (Å²) in [7, 11) is 0. The van der Waals surface area contributed by atoms with Gasteiger partial charge in [0.1, 0.15) is 6.02 Å². The molecular formula is C24H21ClF2N2O4. The Morgan fingerprint density at radius 2 is 2.03 bits per heavy atom. The van der Waals surface area contributed by atoms with Gasteiger partial charge in [0.2, 0.25) is 17.6 Å². The Hall–Kier alpha value is -3.13. The van der Waals surface area contributed by atoms with Crippen LogP contribution in [-0.4, -0.2) is 34.4 Å². The van der Waals surface area contributed by atoms with Crippen LogP contribution in [0.3, 0.4) is 0 Å². The number of aryl methyl sites for hydroxylation is 1. The lowest BCUT2D eigenvalue weighted by molar-refractivity contribution is -0.144. The number of nitrogens with one attached hydrogen (secondary N) is 1. The van der Waals surface area contributed by atoms with Gasteiger partial charge in [-0.3, -0.25) is 24.5 Å². The minimum Gasteiger partial charge on any atom is -0.322 e. The van der Waals surface area contributed by atoms with Gasteiger partial charge in [-0.1, -0.05) is 35.9 Å². The number of Topliss-reactive ketones (excluding diaryl/α,β-unsaturated/α-hetero) is 1. The van der Waals surface area contributed by atoms with Crippen LogP contribution in [0.5, 0.6) is 0 Å². The van der Waals surface area contributed by atoms with Gasteiger partial charge in [0.15, 0.2) is 0 Å². The summed E-state index contributed by atoms with van der Waals surface area (Å²) in [5.41, 5.74) is 1.12. The number of amides is 3. The largest absolute Gasteiger partial charge is 0.330 e. The molecule has 2 aromatic rings. The summed E-state index contributed by atoms with van der Waals surface area (Å²) < 4.78 is 38.1. The minimum absolute atomic E-state index is 0.0243. The maximum Gasteiger partial charge on any atom is 0.330 e. The van der Waals surface area contributed by atoms with Crippen molar-refractivity contribution in [1.29, 1.82) is 0 Å². The quantitative estimate of drug-likeness (QED) is 0.646. The molecule has 1 saturated heterocycles. The molecule has 0 spiro atoms. The molecule has 0 bridgehead atoms. The van der Waals surface area contributed by atoms with Crippen LogP contribution in [-0.2, 0) is 33.3 Å². The molecule has 33 heavy (non-hydrogen) atoms. The molecule has 0 aliphatic carbocycles. The van der Waals surface area contributed by atoms with E-state index in [-0.39, 0.29) is 36.4 Å². The third-order valence-electron chi connectivity index (χ3n) is 6.00. The van der Waals surface area contributed by atoms with Crippen molar-refractivity contribution >= 4 is 35.1 Å². The van der Waals surface area contributed by atoms with Crippen molar-refractivity contribution in [3.8, 4) is 0 Å². The molecule has 172 valence electrons. The minimum atomic E-state index is -3.69. The van der Waals surface area contributed by atoms with Crippen LogP contribution in [0.15, 0.2) is 36.4 Å². The van der Waals surface area contributed by atoms with E-state index in [2.05, 4.69) is 5.32 Å². The Bertz CT molecular complexity index is 1240. The molecule has 0 aromatic heterocycles. The number of carbonyl (C=O) groups is 4. The monoisotopic (exact) mass is 475 g/mol. The molecule has 0 radical (unpaired) electrons. The third-order valence-corrected chi connectivity index (χ3v) is 6.41. The number of rotatable bonds is 6. The summed E-state index contributed by atoms with van der Waals surface area (Å²) in [6.07, 6.45) is -0.571. The van der Waals surface area contributed by atoms with Gasteiger partial charge in [0.05, 0.1) is 1.37 Å². The van der Waals surface area contributed by atoms with Crippen LogP contribution >= 0.6 is 11.6 Å². The molecule has 0 saturated carbocycles. The van der Waals surface area contributed by atoms with Crippen LogP contribution < -0.4 is 5.32 Å². The Labute approximate surface area is 195 Å². The van der Waals surface area contributed by atoms with Gasteiger partial charge >= 0.3 is 5.92 Å². The zero-order valence-corrected chi connectivity index (χ0v) is 18.5. The van der Waals surface area contributed by atoms with Crippen LogP contribution in [0.2, 0.25) is 5.02 Å². The molecule has 6 nitrogen and oxygen atoms in total. The molecule has 3 amide bonds. The Balaban J connectivity index is 1.48. The normalized spacial score (nSPS) is 21.0. The SMILES string of the molecule is [2H][C@]1(N2Cc3cc(CCC(=O)C(F)(F)c4cccc(Cl)c4C)ccc3C2=O)CCC(=O)NC1=O. The van der Waals surface area contributed by atoms with E-state index >= 15 is 0 Å². The molecule has 1 N–H and O–H groups in total. The summed E-state index contributed by atoms with van der Waals surface area (Å²) in [6, 6.07) is 6.82. The Kier molecular flexibility index (Phi) is 5.70. The number of hydrogen-bond acceptors (Lipinski definition) is 4. The third kappa shape index (κ3) is 4.27. The summed E-state index contributed by atoms with van der Waals surface area (Å²) in [6.45, 7) is 1.41. The highest BCUT2D eigenvalue weighted by Gasteiger charge is 2.42. The van der Waals surface area contributed by atoms with E-state index in [9.17, 15) is 28.0 Å². The zero-order chi connectivity index (χ0) is 24.8. The molecule has 9 heteroatoms. The number of carbonyl (C=O) groups excluding carboxylic acids is 4. The summed E-state index contributed by atoms with van der Waals surface area (Å²) in [5.74, 6) is -6.80. The number of alkyl halides is 2. The van der Waals surface area contributed by atoms with Crippen molar-refractivity contribution in [1.82, 2.24) is 10.2 Å². The van der Waals surface area contributed by atoms with E-state index in [1.165, 1.54) is 31.2 Å². The first-order chi connectivity index (χ1) is 15.9. The lowest BCUT2D eigenvalue weighted by Gasteiger charge is -2.29. The highest BCUT2D eigenvalue weighted by molar-refractivity contribution is 6.31. The molecule has 2 aliphatic rings. The van der Waals surface area contributed by atoms with Crippen molar-refractivity contribution < 1.29 is 29.3 Å². The predicted octanol–water partition coefficient (Wildman–Crippen LogP) is 3.70. The molecule has 2 aromatic carbocycles. The molecule has 2 heterocycles. The molecule has 2 aliphatic heterocycles. The predicted molar refractivity (Wildman–Crippen MR) is 116 cm³/mol. The average Bonchev–Trinajstić information content (AvgIpc) is 3.13. The number of imide groups is 1. The molecule has 4 rings (SSSR count). The summed E-state index contributed by atoms with van der Waals surface area (Å²) in [4.78, 5) is 50.0. The number of halogens is 3. The smallest absolute Gasteiger partial charge is 0.322 e. The molecule has 1 atom stereocenters. The van der Waals surface area contributed by atoms with Gasteiger partial charge in [-0.2, -0.15) is 8.78 Å². The second kappa shape index (κ2) is 8.67. The number of piperidine rings is 1. The number of hydrogen-bond donors (Lipinski definition) is 1. The van der Waals surface area contributed by atoms with Gasteiger partial charge < -0.3 is 4.90 Å². The lowest BCUT2D eigenvalue weighted by atomic mass is 9.95. The summed E-state index contributed by atoms with van der Waals surface area (Å²) >= 11 is 5.93. The number of ketones is 1. The fraction of sp³-hybridized carbons (Fsp3) is 0.333. The average molecular weight is 476 g/mol. The van der Waals surface area contributed by atoms with E-state index in [1.807, 2.05) is 0 Å². The highest BCUT2D eigenvalue weighted by Crippen LogP contribution is 2.35. The second-order valence-electron chi connectivity index (χ2n) is 8.12. The topological polar surface area (TPSA) is 83.6 Å². The Morgan fingerprint density at radius 1 is 1.27 bits per heavy atom. The zero-order valence-electron chi connectivity index (χ0n) is 18.7. The van der Waals surface area contributed by atoms with Gasteiger partial charge in [-0.15, -0.1) is 0 Å². The van der Waals surface area contributed by atoms with E-state index in [4.69, 9.17) is 13.0 Å². The molecular weight excluding hydrogens is 454 g/mol. The van der Waals surface area contributed by atoms with Crippen LogP contribution in [0.4, 0.5) is 8.78 Å². The van der Waals surface area contributed by atoms with E-state index in [0.717, 1.165) is 4.90 Å². The lowest BCUT2D eigenvalue weighted by Crippen LogP contribution is -2.52. The van der Waals surface area contributed by atoms with Gasteiger partial charge in [-0.25, -0.2) is 0 Å². The fourth-order valence-electron chi connectivity index (χ4n) is 4.12. The van der Waals surface area contributed by atoms with Crippen molar-refractivity contribution in [3.63, 3.8) is 0 Å². The maximum atomic E-state index is 14.8. The molecule has 1 fully saturated rings. The number of fused-ring (bicyclic) bond motifs is 1. The van der Waals surface area contributed by atoms with Gasteiger partial charge in [0.25, 0.3) is 5.91 Å². The number of benzene rings is 2. The van der Waals surface area contributed by atoms with Gasteiger partial charge in [0, 0.05) is 35.5 Å². The van der Waals surface area contributed by atoms with Crippen LogP contribution in [0, 0.1) is 6.92 Å². The van der Waals surface area contributed by atoms with Crippen molar-refractivity contribution in [2.45, 2.75) is 51.1 Å². The first-order valence-electron chi connectivity index (χ1n) is 10.9. The van der Waals surface area contributed by atoms with E-state index < -0.39 is 47.4 Å². The van der Waals surface area contributed by atoms with Crippen LogP contribution in [0.25, 0.3) is 0 Å². The summed E-state index contributed by atoms with van der Waals surface area (Å²) in [5, 5.41) is 2.25. The van der Waals surface area contributed by atoms with E-state index in [0.29, 0.717) is 16.7 Å². The maximum absolute atomic E-state index is 14.8. The van der Waals surface area contributed by atoms with Crippen LogP contribution in [0.1, 0.15) is 53.2 Å². The van der Waals surface area contributed by atoms with Gasteiger partial charge in [-0.05, 0) is 48.6 Å². The molecule has 0 unspecified atom stereocenters. The van der Waals surface area contributed by atoms with E-state index in [1.54, 1.807) is 12.1 Å².